The van der Waals surface area contributed by atoms with Gasteiger partial charge in [0.2, 0.25) is 0 Å². The molecule has 2 heterocycles. The lowest BCUT2D eigenvalue weighted by Gasteiger charge is -2.07. The summed E-state index contributed by atoms with van der Waals surface area (Å²) in [4.78, 5) is 14.9. The molecular formula is C12H16N4O2. The Hall–Kier alpha value is -1.98. The topological polar surface area (TPSA) is 73.8 Å². The third-order valence-corrected chi connectivity index (χ3v) is 2.86. The van der Waals surface area contributed by atoms with Gasteiger partial charge in [0.15, 0.2) is 5.65 Å². The zero-order valence-electron chi connectivity index (χ0n) is 10.8. The van der Waals surface area contributed by atoms with Crippen LogP contribution in [0.2, 0.25) is 0 Å². The molecule has 0 unspecified atom stereocenters. The molecule has 0 radical (unpaired) electrons. The van der Waals surface area contributed by atoms with E-state index in [-0.39, 0.29) is 10.6 Å². The highest BCUT2D eigenvalue weighted by molar-refractivity contribution is 5.82. The summed E-state index contributed by atoms with van der Waals surface area (Å²) in [6, 6.07) is 0. The largest absolute Gasteiger partial charge is 0.291 e. The van der Waals surface area contributed by atoms with E-state index in [0.29, 0.717) is 18.9 Å². The Balaban J connectivity index is 2.68. The molecule has 0 bridgehead atoms. The van der Waals surface area contributed by atoms with Crippen molar-refractivity contribution in [3.05, 3.63) is 28.1 Å². The summed E-state index contributed by atoms with van der Waals surface area (Å²) < 4.78 is 1.75. The van der Waals surface area contributed by atoms with Crippen LogP contribution in [0.3, 0.4) is 0 Å². The second kappa shape index (κ2) is 4.72. The minimum Gasteiger partial charge on any atom is -0.258 e. The first-order chi connectivity index (χ1) is 8.54. The summed E-state index contributed by atoms with van der Waals surface area (Å²) in [5, 5.41) is 16.1. The first kappa shape index (κ1) is 12.5. The molecule has 6 nitrogen and oxygen atoms in total. The molecule has 0 atom stereocenters. The second-order valence-corrected chi connectivity index (χ2v) is 4.67. The van der Waals surface area contributed by atoms with Gasteiger partial charge >= 0.3 is 0 Å². The SMILES string of the molecule is CCn1ncc2c(CC(C)C)c([N+](=O)[O-])cnc21. The predicted molar refractivity (Wildman–Crippen MR) is 68.4 cm³/mol. The van der Waals surface area contributed by atoms with Crippen molar-refractivity contribution in [1.29, 1.82) is 0 Å². The molecule has 0 saturated carbocycles. The summed E-state index contributed by atoms with van der Waals surface area (Å²) in [6.07, 6.45) is 3.68. The highest BCUT2D eigenvalue weighted by Crippen LogP contribution is 2.28. The number of nitro groups is 1. The van der Waals surface area contributed by atoms with Crippen molar-refractivity contribution in [2.24, 2.45) is 5.92 Å². The van der Waals surface area contributed by atoms with Crippen LogP contribution >= 0.6 is 0 Å². The van der Waals surface area contributed by atoms with Crippen LogP contribution < -0.4 is 0 Å². The van der Waals surface area contributed by atoms with Crippen LogP contribution in [0, 0.1) is 16.0 Å². The lowest BCUT2D eigenvalue weighted by Crippen LogP contribution is -2.03. The van der Waals surface area contributed by atoms with E-state index >= 15 is 0 Å². The summed E-state index contributed by atoms with van der Waals surface area (Å²) in [6.45, 7) is 6.76. The van der Waals surface area contributed by atoms with E-state index in [1.807, 2.05) is 20.8 Å². The van der Waals surface area contributed by atoms with Gasteiger partial charge in [0.25, 0.3) is 5.69 Å². The van der Waals surface area contributed by atoms with Crippen LogP contribution in [0.5, 0.6) is 0 Å². The smallest absolute Gasteiger partial charge is 0.258 e. The normalized spacial score (nSPS) is 11.3. The summed E-state index contributed by atoms with van der Waals surface area (Å²) in [5.74, 6) is 0.347. The molecule has 0 amide bonds. The third-order valence-electron chi connectivity index (χ3n) is 2.86. The number of aryl methyl sites for hydroxylation is 1. The van der Waals surface area contributed by atoms with Crippen LogP contribution in [0.15, 0.2) is 12.4 Å². The number of aromatic nitrogens is 3. The Morgan fingerprint density at radius 2 is 2.17 bits per heavy atom. The fourth-order valence-electron chi connectivity index (χ4n) is 2.08. The average molecular weight is 248 g/mol. The van der Waals surface area contributed by atoms with E-state index in [9.17, 15) is 10.1 Å². The molecule has 2 rings (SSSR count). The number of hydrogen-bond donors (Lipinski definition) is 0. The van der Waals surface area contributed by atoms with Crippen LogP contribution in [0.4, 0.5) is 5.69 Å². The van der Waals surface area contributed by atoms with Crippen LogP contribution in [-0.4, -0.2) is 19.7 Å². The molecule has 0 saturated heterocycles. The van der Waals surface area contributed by atoms with Gasteiger partial charge < -0.3 is 0 Å². The molecule has 2 aromatic rings. The minimum atomic E-state index is -0.368. The van der Waals surface area contributed by atoms with Gasteiger partial charge in [-0.1, -0.05) is 13.8 Å². The molecule has 0 aromatic carbocycles. The first-order valence-electron chi connectivity index (χ1n) is 6.02. The van der Waals surface area contributed by atoms with E-state index in [1.54, 1.807) is 10.9 Å². The van der Waals surface area contributed by atoms with Crippen molar-refractivity contribution in [2.45, 2.75) is 33.7 Å². The van der Waals surface area contributed by atoms with Gasteiger partial charge in [0, 0.05) is 17.5 Å². The van der Waals surface area contributed by atoms with Gasteiger partial charge in [-0.25, -0.2) is 9.67 Å². The van der Waals surface area contributed by atoms with Crippen LogP contribution in [0.1, 0.15) is 26.3 Å². The first-order valence-corrected chi connectivity index (χ1v) is 6.02. The highest BCUT2D eigenvalue weighted by Gasteiger charge is 2.20. The Bertz CT molecular complexity index is 589. The lowest BCUT2D eigenvalue weighted by molar-refractivity contribution is -0.385. The maximum absolute atomic E-state index is 11.1. The van der Waals surface area contributed by atoms with E-state index < -0.39 is 0 Å². The van der Waals surface area contributed by atoms with Gasteiger partial charge in [-0.2, -0.15) is 5.10 Å². The maximum atomic E-state index is 11.1. The van der Waals surface area contributed by atoms with Gasteiger partial charge in [0.1, 0.15) is 6.20 Å². The molecule has 0 spiro atoms. The predicted octanol–water partition coefficient (Wildman–Crippen LogP) is 2.56. The van der Waals surface area contributed by atoms with Crippen LogP contribution in [-0.2, 0) is 13.0 Å². The second-order valence-electron chi connectivity index (χ2n) is 4.67. The molecule has 0 fully saturated rings. The van der Waals surface area contributed by atoms with Crippen LogP contribution in [0.25, 0.3) is 11.0 Å². The Labute approximate surface area is 105 Å². The molecule has 0 N–H and O–H groups in total. The number of pyridine rings is 1. The van der Waals surface area contributed by atoms with E-state index in [0.717, 1.165) is 16.6 Å². The van der Waals surface area contributed by atoms with Crippen molar-refractivity contribution in [3.8, 4) is 0 Å². The molecule has 0 aliphatic rings. The Morgan fingerprint density at radius 3 is 2.72 bits per heavy atom. The zero-order chi connectivity index (χ0) is 13.3. The van der Waals surface area contributed by atoms with Gasteiger partial charge in [-0.3, -0.25) is 10.1 Å². The van der Waals surface area contributed by atoms with Gasteiger partial charge in [-0.05, 0) is 19.3 Å². The molecule has 0 aliphatic carbocycles. The Morgan fingerprint density at radius 1 is 1.44 bits per heavy atom. The summed E-state index contributed by atoms with van der Waals surface area (Å²) in [7, 11) is 0. The van der Waals surface area contributed by atoms with Crippen molar-refractivity contribution in [1.82, 2.24) is 14.8 Å². The highest BCUT2D eigenvalue weighted by atomic mass is 16.6. The quantitative estimate of drug-likeness (QED) is 0.615. The van der Waals surface area contributed by atoms with Crippen molar-refractivity contribution in [3.63, 3.8) is 0 Å². The number of nitrogens with zero attached hydrogens (tertiary/aromatic N) is 4. The molecule has 0 aliphatic heterocycles. The lowest BCUT2D eigenvalue weighted by atomic mass is 10.0. The number of hydrogen-bond acceptors (Lipinski definition) is 4. The van der Waals surface area contributed by atoms with Crippen molar-refractivity contribution >= 4 is 16.7 Å². The molecular weight excluding hydrogens is 232 g/mol. The van der Waals surface area contributed by atoms with Gasteiger partial charge in [0.05, 0.1) is 11.1 Å². The van der Waals surface area contributed by atoms with Gasteiger partial charge in [-0.15, -0.1) is 0 Å². The number of rotatable bonds is 4. The third kappa shape index (κ3) is 2.05. The fourth-order valence-corrected chi connectivity index (χ4v) is 2.08. The Kier molecular flexibility index (Phi) is 3.27. The monoisotopic (exact) mass is 248 g/mol. The molecule has 6 heteroatoms. The standard InChI is InChI=1S/C12H16N4O2/c1-4-15-12-10(6-14-15)9(5-8(2)3)11(7-13-12)16(17)18/h6-8H,4-5H2,1-3H3. The van der Waals surface area contributed by atoms with Crippen molar-refractivity contribution < 1.29 is 4.92 Å². The van der Waals surface area contributed by atoms with E-state index in [4.69, 9.17) is 0 Å². The van der Waals surface area contributed by atoms with E-state index in [1.165, 1.54) is 6.20 Å². The molecule has 18 heavy (non-hydrogen) atoms. The zero-order valence-corrected chi connectivity index (χ0v) is 10.8. The summed E-state index contributed by atoms with van der Waals surface area (Å²) >= 11 is 0. The average Bonchev–Trinajstić information content (AvgIpc) is 2.71. The maximum Gasteiger partial charge on any atom is 0.291 e. The summed E-state index contributed by atoms with van der Waals surface area (Å²) in [5.41, 5.74) is 1.55. The fraction of sp³-hybridized carbons (Fsp3) is 0.500. The molecule has 2 aromatic heterocycles. The van der Waals surface area contributed by atoms with Crippen molar-refractivity contribution in [2.75, 3.05) is 0 Å². The minimum absolute atomic E-state index is 0.0897. The van der Waals surface area contributed by atoms with E-state index in [2.05, 4.69) is 10.1 Å². The molecule has 96 valence electrons. The number of fused-ring (bicyclic) bond motifs is 1.